The fourth-order valence-corrected chi connectivity index (χ4v) is 2.61. The van der Waals surface area contributed by atoms with E-state index in [2.05, 4.69) is 15.3 Å². The summed E-state index contributed by atoms with van der Waals surface area (Å²) in [6.07, 6.45) is 3.48. The number of sulfonamides is 1. The van der Waals surface area contributed by atoms with Crippen LogP contribution in [0.5, 0.6) is 0 Å². The molecule has 0 aliphatic carbocycles. The van der Waals surface area contributed by atoms with E-state index in [1.807, 2.05) is 12.1 Å². The highest BCUT2D eigenvalue weighted by atomic mass is 32.2. The number of H-pyrrole nitrogens is 1. The van der Waals surface area contributed by atoms with Gasteiger partial charge in [0.05, 0.1) is 11.4 Å². The van der Waals surface area contributed by atoms with E-state index in [0.717, 1.165) is 11.4 Å². The molecule has 0 aliphatic heterocycles. The predicted molar refractivity (Wildman–Crippen MR) is 76.4 cm³/mol. The molecule has 0 unspecified atom stereocenters. The van der Waals surface area contributed by atoms with E-state index in [1.165, 1.54) is 18.4 Å². The van der Waals surface area contributed by atoms with Crippen molar-refractivity contribution in [2.45, 2.75) is 18.0 Å². The van der Waals surface area contributed by atoms with Crippen LogP contribution in [0, 0.1) is 0 Å². The molecule has 0 spiro atoms. The summed E-state index contributed by atoms with van der Waals surface area (Å²) in [7, 11) is -0.308. The molecular formula is C13H18N4O2S. The zero-order valence-electron chi connectivity index (χ0n) is 11.5. The minimum Gasteiger partial charge on any atom is -0.348 e. The number of nitrogens with zero attached hydrogens (tertiary/aromatic N) is 2. The van der Waals surface area contributed by atoms with Crippen LogP contribution in [0.3, 0.4) is 0 Å². The van der Waals surface area contributed by atoms with Crippen molar-refractivity contribution in [1.82, 2.24) is 19.6 Å². The average molecular weight is 294 g/mol. The van der Waals surface area contributed by atoms with E-state index in [-0.39, 0.29) is 0 Å². The van der Waals surface area contributed by atoms with Crippen molar-refractivity contribution in [3.63, 3.8) is 0 Å². The number of rotatable bonds is 6. The van der Waals surface area contributed by atoms with Gasteiger partial charge in [-0.3, -0.25) is 0 Å². The van der Waals surface area contributed by atoms with Gasteiger partial charge in [-0.25, -0.2) is 17.7 Å². The van der Waals surface area contributed by atoms with Gasteiger partial charge < -0.3 is 10.3 Å². The third kappa shape index (κ3) is 3.44. The minimum absolute atomic E-state index is 0.303. The first-order chi connectivity index (χ1) is 9.50. The molecule has 0 atom stereocenters. The quantitative estimate of drug-likeness (QED) is 0.831. The van der Waals surface area contributed by atoms with E-state index in [9.17, 15) is 8.42 Å². The molecule has 0 saturated heterocycles. The SMILES string of the molecule is CN(C)S(=O)(=O)c1ccc(CNCc2ncc[nH]2)cc1. The molecule has 1 aromatic carbocycles. The van der Waals surface area contributed by atoms with Crippen molar-refractivity contribution in [1.29, 1.82) is 0 Å². The number of nitrogens with one attached hydrogen (secondary N) is 2. The van der Waals surface area contributed by atoms with Gasteiger partial charge in [-0.2, -0.15) is 0 Å². The summed E-state index contributed by atoms with van der Waals surface area (Å²) in [5.74, 6) is 0.872. The zero-order chi connectivity index (χ0) is 14.6. The molecule has 0 radical (unpaired) electrons. The standard InChI is InChI=1S/C13H18N4O2S/c1-17(2)20(18,19)12-5-3-11(4-6-12)9-14-10-13-15-7-8-16-13/h3-8,14H,9-10H2,1-2H3,(H,15,16). The summed E-state index contributed by atoms with van der Waals surface area (Å²) in [6.45, 7) is 1.30. The lowest BCUT2D eigenvalue weighted by molar-refractivity contribution is 0.520. The molecule has 0 saturated carbocycles. The van der Waals surface area contributed by atoms with Gasteiger partial charge in [-0.1, -0.05) is 12.1 Å². The first-order valence-corrected chi connectivity index (χ1v) is 7.64. The van der Waals surface area contributed by atoms with Crippen LogP contribution in [0.1, 0.15) is 11.4 Å². The Hall–Kier alpha value is -1.70. The lowest BCUT2D eigenvalue weighted by Gasteiger charge is -2.11. The maximum Gasteiger partial charge on any atom is 0.242 e. The normalized spacial score (nSPS) is 11.9. The molecule has 2 N–H and O–H groups in total. The molecular weight excluding hydrogens is 276 g/mol. The Labute approximate surface area is 118 Å². The van der Waals surface area contributed by atoms with Gasteiger partial charge in [0.15, 0.2) is 0 Å². The molecule has 1 heterocycles. The maximum atomic E-state index is 11.9. The number of benzene rings is 1. The Morgan fingerprint density at radius 2 is 1.90 bits per heavy atom. The van der Waals surface area contributed by atoms with Crippen molar-refractivity contribution in [3.05, 3.63) is 48.0 Å². The molecule has 0 bridgehead atoms. The zero-order valence-corrected chi connectivity index (χ0v) is 12.3. The molecule has 6 nitrogen and oxygen atoms in total. The summed E-state index contributed by atoms with van der Waals surface area (Å²) < 4.78 is 25.0. The van der Waals surface area contributed by atoms with E-state index in [4.69, 9.17) is 0 Å². The second-order valence-corrected chi connectivity index (χ2v) is 6.72. The molecule has 7 heteroatoms. The predicted octanol–water partition coefficient (Wildman–Crippen LogP) is 0.950. The van der Waals surface area contributed by atoms with Crippen molar-refractivity contribution in [2.75, 3.05) is 14.1 Å². The lowest BCUT2D eigenvalue weighted by atomic mass is 10.2. The largest absolute Gasteiger partial charge is 0.348 e. The summed E-state index contributed by atoms with van der Waals surface area (Å²) >= 11 is 0. The summed E-state index contributed by atoms with van der Waals surface area (Å²) in [5, 5.41) is 3.23. The van der Waals surface area contributed by atoms with Crippen LogP contribution in [-0.2, 0) is 23.1 Å². The van der Waals surface area contributed by atoms with Gasteiger partial charge in [0.1, 0.15) is 5.82 Å². The third-order valence-electron chi connectivity index (χ3n) is 2.88. The average Bonchev–Trinajstić information content (AvgIpc) is 2.92. The maximum absolute atomic E-state index is 11.9. The molecule has 20 heavy (non-hydrogen) atoms. The van der Waals surface area contributed by atoms with Crippen LogP contribution in [0.15, 0.2) is 41.6 Å². The Balaban J connectivity index is 1.95. The fourth-order valence-electron chi connectivity index (χ4n) is 1.71. The number of aromatic amines is 1. The molecule has 2 rings (SSSR count). The lowest BCUT2D eigenvalue weighted by Crippen LogP contribution is -2.22. The van der Waals surface area contributed by atoms with Crippen LogP contribution in [0.4, 0.5) is 0 Å². The van der Waals surface area contributed by atoms with Crippen LogP contribution in [0.2, 0.25) is 0 Å². The van der Waals surface area contributed by atoms with E-state index >= 15 is 0 Å². The van der Waals surface area contributed by atoms with Crippen LogP contribution < -0.4 is 5.32 Å². The van der Waals surface area contributed by atoms with Gasteiger partial charge in [0.2, 0.25) is 10.0 Å². The van der Waals surface area contributed by atoms with Crippen molar-refractivity contribution < 1.29 is 8.42 Å². The van der Waals surface area contributed by atoms with Gasteiger partial charge in [0.25, 0.3) is 0 Å². The second kappa shape index (κ2) is 6.17. The highest BCUT2D eigenvalue weighted by molar-refractivity contribution is 7.89. The van der Waals surface area contributed by atoms with Gasteiger partial charge in [-0.15, -0.1) is 0 Å². The highest BCUT2D eigenvalue weighted by Crippen LogP contribution is 2.13. The molecule has 0 amide bonds. The number of hydrogen-bond acceptors (Lipinski definition) is 4. The minimum atomic E-state index is -3.35. The first kappa shape index (κ1) is 14.7. The molecule has 1 aromatic heterocycles. The number of imidazole rings is 1. The van der Waals surface area contributed by atoms with Crippen LogP contribution in [0.25, 0.3) is 0 Å². The Kier molecular flexibility index (Phi) is 4.53. The van der Waals surface area contributed by atoms with E-state index in [0.29, 0.717) is 18.0 Å². The molecule has 0 fully saturated rings. The summed E-state index contributed by atoms with van der Waals surface area (Å²) in [5.41, 5.74) is 1.02. The highest BCUT2D eigenvalue weighted by Gasteiger charge is 2.16. The van der Waals surface area contributed by atoms with Crippen molar-refractivity contribution in [3.8, 4) is 0 Å². The Morgan fingerprint density at radius 1 is 1.20 bits per heavy atom. The van der Waals surface area contributed by atoms with Gasteiger partial charge in [-0.05, 0) is 17.7 Å². The fraction of sp³-hybridized carbons (Fsp3) is 0.308. The number of aromatic nitrogens is 2. The Bertz CT molecular complexity index is 634. The van der Waals surface area contributed by atoms with Crippen molar-refractivity contribution in [2.24, 2.45) is 0 Å². The molecule has 2 aromatic rings. The summed E-state index contributed by atoms with van der Waals surface area (Å²) in [4.78, 5) is 7.42. The van der Waals surface area contributed by atoms with Crippen LogP contribution in [-0.4, -0.2) is 36.8 Å². The third-order valence-corrected chi connectivity index (χ3v) is 4.71. The second-order valence-electron chi connectivity index (χ2n) is 4.57. The summed E-state index contributed by atoms with van der Waals surface area (Å²) in [6, 6.07) is 6.87. The van der Waals surface area contributed by atoms with E-state index in [1.54, 1.807) is 24.5 Å². The Morgan fingerprint density at radius 3 is 2.45 bits per heavy atom. The van der Waals surface area contributed by atoms with Crippen LogP contribution >= 0.6 is 0 Å². The number of hydrogen-bond donors (Lipinski definition) is 2. The van der Waals surface area contributed by atoms with Crippen molar-refractivity contribution >= 4 is 10.0 Å². The van der Waals surface area contributed by atoms with Gasteiger partial charge >= 0.3 is 0 Å². The molecule has 0 aliphatic rings. The first-order valence-electron chi connectivity index (χ1n) is 6.20. The monoisotopic (exact) mass is 294 g/mol. The molecule has 108 valence electrons. The van der Waals surface area contributed by atoms with E-state index < -0.39 is 10.0 Å². The topological polar surface area (TPSA) is 78.1 Å². The van der Waals surface area contributed by atoms with Gasteiger partial charge in [0, 0.05) is 33.0 Å². The smallest absolute Gasteiger partial charge is 0.242 e.